The van der Waals surface area contributed by atoms with E-state index in [9.17, 15) is 0 Å². The molecular formula is C16H25NO. The maximum atomic E-state index is 5.61. The van der Waals surface area contributed by atoms with Gasteiger partial charge in [0.2, 0.25) is 0 Å². The summed E-state index contributed by atoms with van der Waals surface area (Å²) >= 11 is 0. The van der Waals surface area contributed by atoms with Crippen LogP contribution in [0.4, 0.5) is 0 Å². The zero-order valence-electron chi connectivity index (χ0n) is 11.6. The van der Waals surface area contributed by atoms with Gasteiger partial charge >= 0.3 is 0 Å². The van der Waals surface area contributed by atoms with E-state index in [2.05, 4.69) is 36.6 Å². The third kappa shape index (κ3) is 3.49. The minimum Gasteiger partial charge on any atom is -0.494 e. The molecule has 0 aromatic heterocycles. The molecule has 2 heteroatoms. The molecule has 1 aromatic rings. The summed E-state index contributed by atoms with van der Waals surface area (Å²) in [5, 5.41) is 3.45. The summed E-state index contributed by atoms with van der Waals surface area (Å²) in [5.74, 6) is 1.70. The van der Waals surface area contributed by atoms with Crippen LogP contribution in [0.2, 0.25) is 0 Å². The van der Waals surface area contributed by atoms with Crippen molar-refractivity contribution in [3.05, 3.63) is 29.8 Å². The van der Waals surface area contributed by atoms with Gasteiger partial charge in [0.15, 0.2) is 0 Å². The van der Waals surface area contributed by atoms with Crippen LogP contribution in [0.15, 0.2) is 24.3 Å². The molecule has 2 unspecified atom stereocenters. The average Bonchev–Trinajstić information content (AvgIpc) is 2.65. The fraction of sp³-hybridized carbons (Fsp3) is 0.625. The Kier molecular flexibility index (Phi) is 5.06. The topological polar surface area (TPSA) is 21.3 Å². The van der Waals surface area contributed by atoms with Crippen LogP contribution in [-0.2, 0) is 0 Å². The number of hydrogen-bond donors (Lipinski definition) is 1. The molecule has 0 aliphatic heterocycles. The first-order chi connectivity index (χ1) is 8.83. The van der Waals surface area contributed by atoms with Gasteiger partial charge < -0.3 is 10.1 Å². The molecule has 0 amide bonds. The third-order valence-corrected chi connectivity index (χ3v) is 3.97. The molecular weight excluding hydrogens is 222 g/mol. The average molecular weight is 247 g/mol. The summed E-state index contributed by atoms with van der Waals surface area (Å²) < 4.78 is 5.61. The van der Waals surface area contributed by atoms with E-state index in [1.54, 1.807) is 0 Å². The Morgan fingerprint density at radius 2 is 2.11 bits per heavy atom. The molecule has 2 nitrogen and oxygen atoms in total. The van der Waals surface area contributed by atoms with E-state index in [1.165, 1.54) is 37.7 Å². The normalized spacial score (nSPS) is 24.6. The Balaban J connectivity index is 2.10. The second-order valence-corrected chi connectivity index (χ2v) is 5.21. The van der Waals surface area contributed by atoms with Crippen LogP contribution in [0, 0.1) is 0 Å². The van der Waals surface area contributed by atoms with Gasteiger partial charge in [-0.25, -0.2) is 0 Å². The van der Waals surface area contributed by atoms with Gasteiger partial charge in [0, 0.05) is 6.04 Å². The summed E-state index contributed by atoms with van der Waals surface area (Å²) in [6, 6.07) is 9.34. The molecule has 1 saturated carbocycles. The molecule has 1 aromatic carbocycles. The van der Waals surface area contributed by atoms with Crippen molar-refractivity contribution in [1.29, 1.82) is 0 Å². The first-order valence-corrected chi connectivity index (χ1v) is 7.23. The molecule has 0 bridgehead atoms. The Hall–Kier alpha value is -1.02. The highest BCUT2D eigenvalue weighted by molar-refractivity contribution is 5.31. The summed E-state index contributed by atoms with van der Waals surface area (Å²) in [4.78, 5) is 0. The summed E-state index contributed by atoms with van der Waals surface area (Å²) in [7, 11) is 2.09. The number of benzene rings is 1. The molecule has 0 radical (unpaired) electrons. The summed E-state index contributed by atoms with van der Waals surface area (Å²) in [6.45, 7) is 2.78. The van der Waals surface area contributed by atoms with Crippen LogP contribution >= 0.6 is 0 Å². The molecule has 18 heavy (non-hydrogen) atoms. The zero-order valence-corrected chi connectivity index (χ0v) is 11.6. The molecule has 2 rings (SSSR count). The van der Waals surface area contributed by atoms with Crippen molar-refractivity contribution < 1.29 is 4.74 Å². The minimum atomic E-state index is 0.674. The SMILES string of the molecule is CCOc1cccc(C2CCCCC(NC)C2)c1. The maximum Gasteiger partial charge on any atom is 0.119 e. The Morgan fingerprint density at radius 3 is 2.89 bits per heavy atom. The van der Waals surface area contributed by atoms with Crippen LogP contribution in [0.1, 0.15) is 50.5 Å². The van der Waals surface area contributed by atoms with Crippen molar-refractivity contribution in [1.82, 2.24) is 5.32 Å². The molecule has 0 heterocycles. The zero-order chi connectivity index (χ0) is 12.8. The number of rotatable bonds is 4. The fourth-order valence-electron chi connectivity index (χ4n) is 2.95. The van der Waals surface area contributed by atoms with Gasteiger partial charge in [0.25, 0.3) is 0 Å². The highest BCUT2D eigenvalue weighted by atomic mass is 16.5. The lowest BCUT2D eigenvalue weighted by Gasteiger charge is -2.20. The molecule has 1 fully saturated rings. The third-order valence-electron chi connectivity index (χ3n) is 3.97. The fourth-order valence-corrected chi connectivity index (χ4v) is 2.95. The van der Waals surface area contributed by atoms with Crippen molar-refractivity contribution in [2.45, 2.75) is 51.0 Å². The monoisotopic (exact) mass is 247 g/mol. The first kappa shape index (κ1) is 13.4. The second-order valence-electron chi connectivity index (χ2n) is 5.21. The van der Waals surface area contributed by atoms with Crippen LogP contribution in [0.3, 0.4) is 0 Å². The Morgan fingerprint density at radius 1 is 1.28 bits per heavy atom. The van der Waals surface area contributed by atoms with Gasteiger partial charge in [-0.15, -0.1) is 0 Å². The second kappa shape index (κ2) is 6.79. The largest absolute Gasteiger partial charge is 0.494 e. The predicted molar refractivity (Wildman–Crippen MR) is 76.3 cm³/mol. The van der Waals surface area contributed by atoms with Crippen molar-refractivity contribution in [2.24, 2.45) is 0 Å². The number of ether oxygens (including phenoxy) is 1. The summed E-state index contributed by atoms with van der Waals surface area (Å²) in [6.07, 6.45) is 6.59. The van der Waals surface area contributed by atoms with E-state index in [-0.39, 0.29) is 0 Å². The molecule has 0 saturated heterocycles. The first-order valence-electron chi connectivity index (χ1n) is 7.23. The van der Waals surface area contributed by atoms with E-state index in [1.807, 2.05) is 6.92 Å². The molecule has 0 spiro atoms. The van der Waals surface area contributed by atoms with Crippen molar-refractivity contribution in [3.63, 3.8) is 0 Å². The molecule has 2 atom stereocenters. The predicted octanol–water partition coefficient (Wildman–Crippen LogP) is 3.72. The molecule has 1 aliphatic carbocycles. The van der Waals surface area contributed by atoms with Crippen molar-refractivity contribution in [3.8, 4) is 5.75 Å². The van der Waals surface area contributed by atoms with E-state index in [0.717, 1.165) is 12.4 Å². The van der Waals surface area contributed by atoms with Crippen LogP contribution < -0.4 is 10.1 Å². The van der Waals surface area contributed by atoms with E-state index in [4.69, 9.17) is 4.74 Å². The number of hydrogen-bond acceptors (Lipinski definition) is 2. The smallest absolute Gasteiger partial charge is 0.119 e. The Labute approximate surface area is 111 Å². The maximum absolute atomic E-state index is 5.61. The van der Waals surface area contributed by atoms with E-state index >= 15 is 0 Å². The molecule has 1 N–H and O–H groups in total. The van der Waals surface area contributed by atoms with Gasteiger partial charge in [-0.3, -0.25) is 0 Å². The van der Waals surface area contributed by atoms with Crippen LogP contribution in [-0.4, -0.2) is 19.7 Å². The van der Waals surface area contributed by atoms with Gasteiger partial charge in [-0.1, -0.05) is 25.0 Å². The van der Waals surface area contributed by atoms with Gasteiger partial charge in [-0.05, 0) is 56.8 Å². The van der Waals surface area contributed by atoms with E-state index < -0.39 is 0 Å². The molecule has 100 valence electrons. The lowest BCUT2D eigenvalue weighted by Crippen LogP contribution is -2.25. The lowest BCUT2D eigenvalue weighted by molar-refractivity contribution is 0.339. The number of nitrogens with one attached hydrogen (secondary N) is 1. The summed E-state index contributed by atoms with van der Waals surface area (Å²) in [5.41, 5.74) is 1.45. The van der Waals surface area contributed by atoms with Gasteiger partial charge in [0.05, 0.1) is 6.61 Å². The molecule has 1 aliphatic rings. The standard InChI is InChI=1S/C16H25NO/c1-3-18-16-10-6-8-14(12-16)13-7-4-5-9-15(11-13)17-2/h6,8,10,12-13,15,17H,3-5,7,9,11H2,1-2H3. The minimum absolute atomic E-state index is 0.674. The lowest BCUT2D eigenvalue weighted by atomic mass is 9.90. The van der Waals surface area contributed by atoms with Crippen LogP contribution in [0.25, 0.3) is 0 Å². The highest BCUT2D eigenvalue weighted by Crippen LogP contribution is 2.33. The highest BCUT2D eigenvalue weighted by Gasteiger charge is 2.20. The van der Waals surface area contributed by atoms with Gasteiger partial charge in [-0.2, -0.15) is 0 Å². The van der Waals surface area contributed by atoms with Crippen molar-refractivity contribution in [2.75, 3.05) is 13.7 Å². The Bertz CT molecular complexity index is 364. The van der Waals surface area contributed by atoms with Gasteiger partial charge in [0.1, 0.15) is 5.75 Å². The quantitative estimate of drug-likeness (QED) is 0.819. The van der Waals surface area contributed by atoms with Crippen LogP contribution in [0.5, 0.6) is 5.75 Å². The van der Waals surface area contributed by atoms with Crippen molar-refractivity contribution >= 4 is 0 Å². The van der Waals surface area contributed by atoms with E-state index in [0.29, 0.717) is 12.0 Å².